The number of nitrogens with one attached hydrogen (secondary N) is 1. The number of aryl methyl sites for hydroxylation is 1. The summed E-state index contributed by atoms with van der Waals surface area (Å²) in [4.78, 5) is 21.6. The molecule has 1 aromatic heterocycles. The zero-order valence-corrected chi connectivity index (χ0v) is 20.0. The second kappa shape index (κ2) is 9.75. The van der Waals surface area contributed by atoms with Crippen LogP contribution in [0.15, 0.2) is 12.1 Å². The Bertz CT molecular complexity index is 1020. The normalized spacial score (nSPS) is 21.0. The first-order valence-corrected chi connectivity index (χ1v) is 12.5. The quantitative estimate of drug-likeness (QED) is 0.617. The third kappa shape index (κ3) is 4.74. The first-order valence-electron chi connectivity index (χ1n) is 12.5. The zero-order valence-electron chi connectivity index (χ0n) is 20.0. The van der Waals surface area contributed by atoms with Gasteiger partial charge < -0.3 is 24.6 Å². The average molecular weight is 453 g/mol. The SMILES string of the molecule is COc1cc2c(NC3CCN(C)C(=O)C3)c3c(nc2cc1OCCCN1CCCC1)CCC3. The van der Waals surface area contributed by atoms with Crippen LogP contribution >= 0.6 is 0 Å². The van der Waals surface area contributed by atoms with Crippen LogP contribution in [-0.2, 0) is 17.6 Å². The second-order valence-electron chi connectivity index (χ2n) is 9.69. The van der Waals surface area contributed by atoms with E-state index in [0.717, 1.165) is 73.3 Å². The predicted molar refractivity (Wildman–Crippen MR) is 130 cm³/mol. The van der Waals surface area contributed by atoms with Crippen LogP contribution in [0.5, 0.6) is 11.5 Å². The summed E-state index contributed by atoms with van der Waals surface area (Å²) in [6.07, 6.45) is 8.28. The standard InChI is InChI=1S/C26H36N4O3/c1-29-13-9-18(15-25(29)31)27-26-19-7-5-8-21(19)28-22-17-24(23(32-2)16-20(22)26)33-14-6-12-30-10-3-4-11-30/h16-18H,3-15H2,1-2H3,(H,27,28). The van der Waals surface area contributed by atoms with E-state index in [4.69, 9.17) is 14.5 Å². The molecule has 0 saturated carbocycles. The molecule has 0 bridgehead atoms. The Morgan fingerprint density at radius 1 is 1.12 bits per heavy atom. The molecule has 2 aromatic rings. The summed E-state index contributed by atoms with van der Waals surface area (Å²) in [6.45, 7) is 4.98. The molecule has 178 valence electrons. The molecule has 1 amide bonds. The largest absolute Gasteiger partial charge is 0.493 e. The fourth-order valence-electron chi connectivity index (χ4n) is 5.45. The van der Waals surface area contributed by atoms with Gasteiger partial charge in [-0.3, -0.25) is 9.78 Å². The molecule has 0 radical (unpaired) electrons. The number of benzene rings is 1. The van der Waals surface area contributed by atoms with E-state index >= 15 is 0 Å². The third-order valence-electron chi connectivity index (χ3n) is 7.38. The van der Waals surface area contributed by atoms with Gasteiger partial charge >= 0.3 is 0 Å². The summed E-state index contributed by atoms with van der Waals surface area (Å²) in [7, 11) is 3.58. The Labute approximate surface area is 196 Å². The van der Waals surface area contributed by atoms with E-state index in [2.05, 4.69) is 16.3 Å². The van der Waals surface area contributed by atoms with Gasteiger partial charge in [0.2, 0.25) is 5.91 Å². The van der Waals surface area contributed by atoms with Crippen LogP contribution in [0.25, 0.3) is 10.9 Å². The first-order chi connectivity index (χ1) is 16.1. The lowest BCUT2D eigenvalue weighted by Crippen LogP contribution is -2.41. The van der Waals surface area contributed by atoms with Crippen molar-refractivity contribution < 1.29 is 14.3 Å². The molecule has 1 N–H and O–H groups in total. The highest BCUT2D eigenvalue weighted by molar-refractivity contribution is 5.96. The van der Waals surface area contributed by atoms with Crippen LogP contribution in [0.3, 0.4) is 0 Å². The van der Waals surface area contributed by atoms with Gasteiger partial charge in [-0.2, -0.15) is 0 Å². The van der Waals surface area contributed by atoms with Gasteiger partial charge in [-0.25, -0.2) is 0 Å². The van der Waals surface area contributed by atoms with E-state index in [9.17, 15) is 4.79 Å². The molecule has 2 saturated heterocycles. The first kappa shape index (κ1) is 22.3. The third-order valence-corrected chi connectivity index (χ3v) is 7.38. The Balaban J connectivity index is 1.39. The number of amides is 1. The number of piperidine rings is 1. The number of hydrogen-bond acceptors (Lipinski definition) is 6. The molecule has 3 aliphatic rings. The fourth-order valence-corrected chi connectivity index (χ4v) is 5.45. The number of fused-ring (bicyclic) bond motifs is 2. The van der Waals surface area contributed by atoms with Gasteiger partial charge in [0.25, 0.3) is 0 Å². The predicted octanol–water partition coefficient (Wildman–Crippen LogP) is 3.63. The molecule has 3 heterocycles. The highest BCUT2D eigenvalue weighted by Gasteiger charge is 2.27. The summed E-state index contributed by atoms with van der Waals surface area (Å²) in [5.74, 6) is 1.71. The minimum absolute atomic E-state index is 0.150. The fraction of sp³-hybridized carbons (Fsp3) is 0.615. The number of methoxy groups -OCH3 is 1. The molecule has 1 atom stereocenters. The lowest BCUT2D eigenvalue weighted by Gasteiger charge is -2.31. The number of carbonyl (C=O) groups excluding carboxylic acids is 1. The van der Waals surface area contributed by atoms with Gasteiger partial charge in [-0.1, -0.05) is 0 Å². The molecule has 1 aromatic carbocycles. The van der Waals surface area contributed by atoms with Gasteiger partial charge in [-0.15, -0.1) is 0 Å². The summed E-state index contributed by atoms with van der Waals surface area (Å²) in [5, 5.41) is 4.80. The van der Waals surface area contributed by atoms with Crippen LogP contribution in [0, 0.1) is 0 Å². The number of rotatable bonds is 8. The molecule has 2 aliphatic heterocycles. The monoisotopic (exact) mass is 452 g/mol. The number of anilines is 1. The topological polar surface area (TPSA) is 66.9 Å². The van der Waals surface area contributed by atoms with Crippen molar-refractivity contribution in [3.05, 3.63) is 23.4 Å². The van der Waals surface area contributed by atoms with Crippen molar-refractivity contribution in [2.75, 3.05) is 52.3 Å². The molecule has 0 spiro atoms. The Hall–Kier alpha value is -2.54. The van der Waals surface area contributed by atoms with E-state index in [0.29, 0.717) is 13.0 Å². The number of hydrogen-bond donors (Lipinski definition) is 1. The van der Waals surface area contributed by atoms with Crippen molar-refractivity contribution >= 4 is 22.5 Å². The van der Waals surface area contributed by atoms with Crippen molar-refractivity contribution in [1.82, 2.24) is 14.8 Å². The van der Waals surface area contributed by atoms with Gasteiger partial charge in [0.05, 0.1) is 19.2 Å². The van der Waals surface area contributed by atoms with E-state index in [1.165, 1.54) is 37.2 Å². The zero-order chi connectivity index (χ0) is 22.8. The van der Waals surface area contributed by atoms with E-state index in [-0.39, 0.29) is 11.9 Å². The van der Waals surface area contributed by atoms with Gasteiger partial charge in [-0.05, 0) is 69.7 Å². The summed E-state index contributed by atoms with van der Waals surface area (Å²) in [6, 6.07) is 4.25. The van der Waals surface area contributed by atoms with Crippen LogP contribution in [0.2, 0.25) is 0 Å². The van der Waals surface area contributed by atoms with Crippen molar-refractivity contribution in [2.24, 2.45) is 0 Å². The van der Waals surface area contributed by atoms with Crippen molar-refractivity contribution in [2.45, 2.75) is 57.4 Å². The maximum Gasteiger partial charge on any atom is 0.224 e. The minimum Gasteiger partial charge on any atom is -0.493 e. The number of nitrogens with zero attached hydrogens (tertiary/aromatic N) is 3. The number of carbonyl (C=O) groups is 1. The molecule has 2 fully saturated rings. The molecule has 1 aliphatic carbocycles. The van der Waals surface area contributed by atoms with Crippen LogP contribution in [-0.4, -0.2) is 73.7 Å². The summed E-state index contributed by atoms with van der Waals surface area (Å²) >= 11 is 0. The molecular weight excluding hydrogens is 416 g/mol. The summed E-state index contributed by atoms with van der Waals surface area (Å²) in [5.41, 5.74) is 4.55. The Morgan fingerprint density at radius 3 is 2.76 bits per heavy atom. The van der Waals surface area contributed by atoms with Crippen LogP contribution in [0.4, 0.5) is 5.69 Å². The molecule has 1 unspecified atom stereocenters. The molecule has 7 nitrogen and oxygen atoms in total. The van der Waals surface area contributed by atoms with Crippen molar-refractivity contribution in [3.63, 3.8) is 0 Å². The lowest BCUT2D eigenvalue weighted by atomic mass is 10.0. The van der Waals surface area contributed by atoms with Gasteiger partial charge in [0.1, 0.15) is 0 Å². The number of ether oxygens (including phenoxy) is 2. The highest BCUT2D eigenvalue weighted by Crippen LogP contribution is 2.40. The minimum atomic E-state index is 0.150. The highest BCUT2D eigenvalue weighted by atomic mass is 16.5. The molecular formula is C26H36N4O3. The van der Waals surface area contributed by atoms with Gasteiger partial charge in [0.15, 0.2) is 11.5 Å². The lowest BCUT2D eigenvalue weighted by molar-refractivity contribution is -0.132. The Kier molecular flexibility index (Phi) is 6.58. The molecule has 5 rings (SSSR count). The number of aromatic nitrogens is 1. The van der Waals surface area contributed by atoms with Crippen molar-refractivity contribution in [1.29, 1.82) is 0 Å². The van der Waals surface area contributed by atoms with Crippen LogP contribution in [0.1, 0.15) is 49.8 Å². The van der Waals surface area contributed by atoms with Crippen molar-refractivity contribution in [3.8, 4) is 11.5 Å². The second-order valence-corrected chi connectivity index (χ2v) is 9.69. The van der Waals surface area contributed by atoms with E-state index < -0.39 is 0 Å². The van der Waals surface area contributed by atoms with E-state index in [1.54, 1.807) is 7.11 Å². The molecule has 33 heavy (non-hydrogen) atoms. The van der Waals surface area contributed by atoms with Crippen LogP contribution < -0.4 is 14.8 Å². The number of likely N-dealkylation sites (tertiary alicyclic amines) is 2. The Morgan fingerprint density at radius 2 is 1.97 bits per heavy atom. The van der Waals surface area contributed by atoms with E-state index in [1.807, 2.05) is 18.0 Å². The smallest absolute Gasteiger partial charge is 0.224 e. The maximum atomic E-state index is 12.3. The summed E-state index contributed by atoms with van der Waals surface area (Å²) < 4.78 is 11.9. The number of pyridine rings is 1. The average Bonchev–Trinajstić information content (AvgIpc) is 3.50. The maximum absolute atomic E-state index is 12.3. The molecule has 7 heteroatoms. The van der Waals surface area contributed by atoms with Gasteiger partial charge in [0, 0.05) is 55.4 Å².